The van der Waals surface area contributed by atoms with Crippen molar-refractivity contribution in [3.63, 3.8) is 0 Å². The molecule has 4 aromatic rings. The van der Waals surface area contributed by atoms with Crippen LogP contribution in [0.1, 0.15) is 34.1 Å². The van der Waals surface area contributed by atoms with Crippen molar-refractivity contribution in [1.82, 2.24) is 29.5 Å². The van der Waals surface area contributed by atoms with Crippen LogP contribution in [0.5, 0.6) is 0 Å². The van der Waals surface area contributed by atoms with Gasteiger partial charge in [0.15, 0.2) is 17.3 Å². The first-order valence-electron chi connectivity index (χ1n) is 12.3. The molecule has 12 heteroatoms. The molecule has 2 amide bonds. The zero-order chi connectivity index (χ0) is 26.4. The Labute approximate surface area is 217 Å². The Morgan fingerprint density at radius 1 is 1.24 bits per heavy atom. The molecule has 3 aromatic heterocycles. The van der Waals surface area contributed by atoms with Crippen LogP contribution in [0.2, 0.25) is 5.02 Å². The fraction of sp³-hybridized carbons (Fsp3) is 0.400. The molecule has 1 aliphatic rings. The van der Waals surface area contributed by atoms with Gasteiger partial charge in [-0.2, -0.15) is 5.10 Å². The van der Waals surface area contributed by atoms with E-state index >= 15 is 4.39 Å². The minimum absolute atomic E-state index is 0.0123. The van der Waals surface area contributed by atoms with E-state index in [4.69, 9.17) is 11.6 Å². The molecule has 1 saturated carbocycles. The van der Waals surface area contributed by atoms with Gasteiger partial charge in [0, 0.05) is 36.3 Å². The summed E-state index contributed by atoms with van der Waals surface area (Å²) in [4.78, 5) is 35.9. The summed E-state index contributed by atoms with van der Waals surface area (Å²) in [5.74, 6) is -1.12. The standard InChI is InChI=1S/C25H28ClFN8O2/c1-5-34(6-2)25(37)14-7-13(14)24(36)32-17-11-35-10-16(28-9-18(35)31-17)19-15-8-29-33-22(15)23(30-12(3)4)21(27)20(19)26/h8-14,30H,5-7H2,1-4H3,(H,29,33)(H,32,36)/t13-,14+/m1/s1. The molecule has 2 atom stereocenters. The third-order valence-corrected chi connectivity index (χ3v) is 6.95. The number of hydrogen-bond acceptors (Lipinski definition) is 6. The van der Waals surface area contributed by atoms with E-state index in [1.807, 2.05) is 27.7 Å². The molecule has 37 heavy (non-hydrogen) atoms. The maximum absolute atomic E-state index is 15.3. The lowest BCUT2D eigenvalue weighted by Crippen LogP contribution is -2.33. The van der Waals surface area contributed by atoms with E-state index in [0.717, 1.165) is 0 Å². The van der Waals surface area contributed by atoms with Crippen LogP contribution in [-0.4, -0.2) is 60.4 Å². The monoisotopic (exact) mass is 526 g/mol. The number of benzene rings is 1. The van der Waals surface area contributed by atoms with Crippen molar-refractivity contribution >= 4 is 51.5 Å². The third kappa shape index (κ3) is 4.48. The van der Waals surface area contributed by atoms with Crippen molar-refractivity contribution in [2.75, 3.05) is 23.7 Å². The van der Waals surface area contributed by atoms with Gasteiger partial charge in [0.05, 0.1) is 52.3 Å². The van der Waals surface area contributed by atoms with Gasteiger partial charge in [-0.25, -0.2) is 9.37 Å². The normalized spacial score (nSPS) is 16.9. The first-order valence-corrected chi connectivity index (χ1v) is 12.7. The number of nitrogens with one attached hydrogen (secondary N) is 3. The van der Waals surface area contributed by atoms with Crippen LogP contribution >= 0.6 is 11.6 Å². The Bertz CT molecular complexity index is 1510. The highest BCUT2D eigenvalue weighted by Gasteiger charge is 2.49. The van der Waals surface area contributed by atoms with Crippen molar-refractivity contribution in [2.45, 2.75) is 40.2 Å². The van der Waals surface area contributed by atoms with Gasteiger partial charge in [-0.15, -0.1) is 0 Å². The van der Waals surface area contributed by atoms with Gasteiger partial charge in [0.1, 0.15) is 0 Å². The average Bonchev–Trinajstić information content (AvgIpc) is 3.36. The van der Waals surface area contributed by atoms with Crippen LogP contribution in [-0.2, 0) is 9.59 Å². The van der Waals surface area contributed by atoms with Crippen molar-refractivity contribution in [3.05, 3.63) is 35.6 Å². The molecule has 0 bridgehead atoms. The minimum atomic E-state index is -0.596. The molecule has 0 spiro atoms. The van der Waals surface area contributed by atoms with Crippen LogP contribution in [0.15, 0.2) is 24.8 Å². The summed E-state index contributed by atoms with van der Waals surface area (Å²) in [6, 6.07) is -0.0155. The van der Waals surface area contributed by atoms with Crippen molar-refractivity contribution in [2.24, 2.45) is 11.8 Å². The maximum atomic E-state index is 15.3. The summed E-state index contributed by atoms with van der Waals surface area (Å²) in [6.07, 6.45) is 6.96. The van der Waals surface area contributed by atoms with Crippen molar-refractivity contribution in [3.8, 4) is 11.3 Å². The molecule has 0 radical (unpaired) electrons. The highest BCUT2D eigenvalue weighted by Crippen LogP contribution is 2.42. The molecule has 194 valence electrons. The highest BCUT2D eigenvalue weighted by molar-refractivity contribution is 6.35. The number of halogens is 2. The number of aromatic amines is 1. The Morgan fingerprint density at radius 2 is 2.00 bits per heavy atom. The van der Waals surface area contributed by atoms with E-state index in [1.165, 1.54) is 6.20 Å². The van der Waals surface area contributed by atoms with E-state index in [0.29, 0.717) is 53.1 Å². The Kier molecular flexibility index (Phi) is 6.49. The van der Waals surface area contributed by atoms with Gasteiger partial charge in [0.25, 0.3) is 0 Å². The van der Waals surface area contributed by atoms with Crippen LogP contribution in [0.3, 0.4) is 0 Å². The molecule has 0 unspecified atom stereocenters. The number of fused-ring (bicyclic) bond motifs is 2. The molecule has 3 N–H and O–H groups in total. The fourth-order valence-corrected chi connectivity index (χ4v) is 4.92. The number of imidazole rings is 1. The van der Waals surface area contributed by atoms with Gasteiger partial charge in [-0.05, 0) is 34.1 Å². The molecule has 0 saturated heterocycles. The van der Waals surface area contributed by atoms with Gasteiger partial charge >= 0.3 is 0 Å². The van der Waals surface area contributed by atoms with Gasteiger partial charge in [0.2, 0.25) is 11.8 Å². The maximum Gasteiger partial charge on any atom is 0.229 e. The lowest BCUT2D eigenvalue weighted by atomic mass is 10.1. The quantitative estimate of drug-likeness (QED) is 0.314. The lowest BCUT2D eigenvalue weighted by Gasteiger charge is -2.18. The number of nitrogens with zero attached hydrogens (tertiary/aromatic N) is 5. The summed E-state index contributed by atoms with van der Waals surface area (Å²) >= 11 is 6.49. The van der Waals surface area contributed by atoms with E-state index in [9.17, 15) is 9.59 Å². The van der Waals surface area contributed by atoms with Crippen LogP contribution in [0, 0.1) is 17.7 Å². The Morgan fingerprint density at radius 3 is 2.70 bits per heavy atom. The van der Waals surface area contributed by atoms with Crippen LogP contribution in [0.4, 0.5) is 15.9 Å². The van der Waals surface area contributed by atoms with E-state index in [2.05, 4.69) is 30.8 Å². The first kappa shape index (κ1) is 24.9. The Hall–Kier alpha value is -3.73. The third-order valence-electron chi connectivity index (χ3n) is 6.59. The lowest BCUT2D eigenvalue weighted by molar-refractivity contribution is -0.133. The first-order chi connectivity index (χ1) is 17.7. The summed E-state index contributed by atoms with van der Waals surface area (Å²) in [5, 5.41) is 13.4. The molecule has 0 aliphatic heterocycles. The van der Waals surface area contributed by atoms with Gasteiger partial charge in [-0.1, -0.05) is 11.6 Å². The molecular weight excluding hydrogens is 499 g/mol. The SMILES string of the molecule is CCN(CC)C(=O)[C@H]1C[C@H]1C(=O)Nc1cn2cc(-c3c(Cl)c(F)c(NC(C)C)c4[nH]ncc34)ncc2n1. The van der Waals surface area contributed by atoms with Gasteiger partial charge < -0.3 is 19.9 Å². The largest absolute Gasteiger partial charge is 0.379 e. The molecule has 10 nitrogen and oxygen atoms in total. The number of amides is 2. The van der Waals surface area contributed by atoms with E-state index in [-0.39, 0.29) is 40.4 Å². The fourth-order valence-electron chi connectivity index (χ4n) is 4.62. The number of hydrogen-bond donors (Lipinski definition) is 3. The predicted octanol–water partition coefficient (Wildman–Crippen LogP) is 4.33. The smallest absolute Gasteiger partial charge is 0.229 e. The predicted molar refractivity (Wildman–Crippen MR) is 140 cm³/mol. The van der Waals surface area contributed by atoms with Gasteiger partial charge in [-0.3, -0.25) is 19.7 Å². The highest BCUT2D eigenvalue weighted by atomic mass is 35.5. The van der Waals surface area contributed by atoms with Crippen LogP contribution in [0.25, 0.3) is 27.8 Å². The number of aromatic nitrogens is 5. The number of carbonyl (C=O) groups excluding carboxylic acids is 2. The number of anilines is 2. The zero-order valence-electron chi connectivity index (χ0n) is 21.0. The van der Waals surface area contributed by atoms with E-state index in [1.54, 1.807) is 27.9 Å². The average molecular weight is 527 g/mol. The Balaban J connectivity index is 1.41. The summed E-state index contributed by atoms with van der Waals surface area (Å²) in [7, 11) is 0. The molecule has 1 fully saturated rings. The molecule has 1 aliphatic carbocycles. The molecule has 3 heterocycles. The number of carbonyl (C=O) groups is 2. The minimum Gasteiger partial charge on any atom is -0.379 e. The second-order valence-electron chi connectivity index (χ2n) is 9.45. The zero-order valence-corrected chi connectivity index (χ0v) is 21.7. The summed E-state index contributed by atoms with van der Waals surface area (Å²) < 4.78 is 17.0. The molecular formula is C25H28ClFN8O2. The van der Waals surface area contributed by atoms with Crippen molar-refractivity contribution in [1.29, 1.82) is 0 Å². The number of H-pyrrole nitrogens is 1. The van der Waals surface area contributed by atoms with Crippen LogP contribution < -0.4 is 10.6 Å². The van der Waals surface area contributed by atoms with E-state index < -0.39 is 5.82 Å². The summed E-state index contributed by atoms with van der Waals surface area (Å²) in [5.41, 5.74) is 2.05. The molecule has 1 aromatic carbocycles. The second kappa shape index (κ2) is 9.62. The number of rotatable bonds is 8. The molecule has 5 rings (SSSR count). The topological polar surface area (TPSA) is 120 Å². The second-order valence-corrected chi connectivity index (χ2v) is 9.83. The summed E-state index contributed by atoms with van der Waals surface area (Å²) in [6.45, 7) is 8.90. The van der Waals surface area contributed by atoms with Crippen molar-refractivity contribution < 1.29 is 14.0 Å².